The quantitative estimate of drug-likeness (QED) is 0.689. The van der Waals surface area contributed by atoms with Crippen molar-refractivity contribution in [2.45, 2.75) is 26.4 Å². The van der Waals surface area contributed by atoms with E-state index in [1.54, 1.807) is 19.9 Å². The van der Waals surface area contributed by atoms with E-state index in [0.29, 0.717) is 10.7 Å². The molecule has 1 atom stereocenters. The molecule has 1 N–H and O–H groups in total. The molecule has 21 heavy (non-hydrogen) atoms. The van der Waals surface area contributed by atoms with E-state index in [4.69, 9.17) is 20.9 Å². The highest BCUT2D eigenvalue weighted by Gasteiger charge is 2.32. The number of aliphatic hydroxyl groups is 1. The standard InChI is InChI=1S/C14H15ClN2O4/c1-4-20-13(18)10-6-11(21-17-10)14(3,19)9-5-8(2)12(15)16-7-9/h5-7,19H,4H2,1-3H3. The fourth-order valence-corrected chi connectivity index (χ4v) is 1.88. The number of ether oxygens (including phenoxy) is 1. The Balaban J connectivity index is 2.35. The largest absolute Gasteiger partial charge is 0.461 e. The molecular formula is C14H15ClN2O4. The van der Waals surface area contributed by atoms with E-state index in [1.165, 1.54) is 19.2 Å². The van der Waals surface area contributed by atoms with Crippen LogP contribution in [0, 0.1) is 6.92 Å². The lowest BCUT2D eigenvalue weighted by Crippen LogP contribution is -2.22. The van der Waals surface area contributed by atoms with Crippen LogP contribution in [-0.4, -0.2) is 27.8 Å². The summed E-state index contributed by atoms with van der Waals surface area (Å²) < 4.78 is 9.88. The summed E-state index contributed by atoms with van der Waals surface area (Å²) in [6.45, 7) is 5.22. The van der Waals surface area contributed by atoms with E-state index in [9.17, 15) is 9.90 Å². The molecule has 1 unspecified atom stereocenters. The fourth-order valence-electron chi connectivity index (χ4n) is 1.77. The normalized spacial score (nSPS) is 13.8. The Morgan fingerprint density at radius 3 is 2.86 bits per heavy atom. The maximum absolute atomic E-state index is 11.6. The second-order valence-electron chi connectivity index (χ2n) is 4.70. The van der Waals surface area contributed by atoms with Crippen LogP contribution in [0.15, 0.2) is 22.9 Å². The van der Waals surface area contributed by atoms with Gasteiger partial charge in [-0.1, -0.05) is 16.8 Å². The Labute approximate surface area is 126 Å². The molecule has 0 aromatic carbocycles. The van der Waals surface area contributed by atoms with Crippen molar-refractivity contribution in [3.63, 3.8) is 0 Å². The Morgan fingerprint density at radius 1 is 1.52 bits per heavy atom. The number of pyridine rings is 1. The first-order valence-electron chi connectivity index (χ1n) is 6.35. The summed E-state index contributed by atoms with van der Waals surface area (Å²) in [5.74, 6) is -0.484. The molecule has 2 heterocycles. The molecule has 0 bridgehead atoms. The van der Waals surface area contributed by atoms with Gasteiger partial charge in [-0.05, 0) is 32.4 Å². The predicted molar refractivity (Wildman–Crippen MR) is 75.1 cm³/mol. The van der Waals surface area contributed by atoms with Crippen LogP contribution in [0.2, 0.25) is 5.15 Å². The molecule has 0 spiro atoms. The Bertz CT molecular complexity index is 667. The predicted octanol–water partition coefficient (Wildman–Crippen LogP) is 2.46. The zero-order valence-electron chi connectivity index (χ0n) is 11.9. The van der Waals surface area contributed by atoms with E-state index in [1.807, 2.05) is 0 Å². The minimum atomic E-state index is -1.49. The zero-order valence-corrected chi connectivity index (χ0v) is 12.6. The van der Waals surface area contributed by atoms with E-state index < -0.39 is 11.6 Å². The van der Waals surface area contributed by atoms with Crippen LogP contribution in [0.3, 0.4) is 0 Å². The topological polar surface area (TPSA) is 85.5 Å². The molecule has 6 nitrogen and oxygen atoms in total. The van der Waals surface area contributed by atoms with Gasteiger partial charge in [0.15, 0.2) is 11.5 Å². The molecule has 7 heteroatoms. The molecule has 2 aromatic heterocycles. The second kappa shape index (κ2) is 5.83. The highest BCUT2D eigenvalue weighted by Crippen LogP contribution is 2.30. The molecular weight excluding hydrogens is 296 g/mol. The average Bonchev–Trinajstić information content (AvgIpc) is 2.92. The maximum atomic E-state index is 11.6. The van der Waals surface area contributed by atoms with Gasteiger partial charge in [0.2, 0.25) is 0 Å². The van der Waals surface area contributed by atoms with Crippen LogP contribution in [0.4, 0.5) is 0 Å². The number of carbonyl (C=O) groups excluding carboxylic acids is 1. The summed E-state index contributed by atoms with van der Waals surface area (Å²) >= 11 is 5.87. The van der Waals surface area contributed by atoms with E-state index in [2.05, 4.69) is 10.1 Å². The molecule has 0 aliphatic heterocycles. The van der Waals surface area contributed by atoms with Crippen LogP contribution < -0.4 is 0 Å². The number of carbonyl (C=O) groups is 1. The van der Waals surface area contributed by atoms with Crippen molar-refractivity contribution in [1.29, 1.82) is 0 Å². The molecule has 0 radical (unpaired) electrons. The summed E-state index contributed by atoms with van der Waals surface area (Å²) in [5.41, 5.74) is -0.276. The van der Waals surface area contributed by atoms with Gasteiger partial charge in [-0.25, -0.2) is 9.78 Å². The van der Waals surface area contributed by atoms with Crippen molar-refractivity contribution in [2.24, 2.45) is 0 Å². The monoisotopic (exact) mass is 310 g/mol. The number of aromatic nitrogens is 2. The first-order chi connectivity index (χ1) is 9.86. The summed E-state index contributed by atoms with van der Waals surface area (Å²) in [6.07, 6.45) is 1.45. The summed E-state index contributed by atoms with van der Waals surface area (Å²) in [4.78, 5) is 15.6. The fraction of sp³-hybridized carbons (Fsp3) is 0.357. The first-order valence-corrected chi connectivity index (χ1v) is 6.73. The van der Waals surface area contributed by atoms with Crippen molar-refractivity contribution < 1.29 is 19.2 Å². The van der Waals surface area contributed by atoms with Crippen molar-refractivity contribution >= 4 is 17.6 Å². The number of hydrogen-bond donors (Lipinski definition) is 1. The molecule has 0 aliphatic rings. The Kier molecular flexibility index (Phi) is 4.29. The molecule has 112 valence electrons. The molecule has 2 rings (SSSR count). The van der Waals surface area contributed by atoms with Crippen LogP contribution >= 0.6 is 11.6 Å². The van der Waals surface area contributed by atoms with Crippen molar-refractivity contribution in [1.82, 2.24) is 10.1 Å². The molecule has 0 amide bonds. The van der Waals surface area contributed by atoms with E-state index >= 15 is 0 Å². The van der Waals surface area contributed by atoms with Crippen LogP contribution in [0.5, 0.6) is 0 Å². The van der Waals surface area contributed by atoms with Crippen molar-refractivity contribution in [3.8, 4) is 0 Å². The van der Waals surface area contributed by atoms with Gasteiger partial charge >= 0.3 is 5.97 Å². The molecule has 0 aliphatic carbocycles. The Morgan fingerprint density at radius 2 is 2.24 bits per heavy atom. The Hall–Kier alpha value is -1.92. The highest BCUT2D eigenvalue weighted by atomic mass is 35.5. The maximum Gasteiger partial charge on any atom is 0.360 e. The second-order valence-corrected chi connectivity index (χ2v) is 5.06. The van der Waals surface area contributed by atoms with Crippen molar-refractivity contribution in [3.05, 3.63) is 46.1 Å². The van der Waals surface area contributed by atoms with Crippen LogP contribution in [0.25, 0.3) is 0 Å². The van der Waals surface area contributed by atoms with E-state index in [-0.39, 0.29) is 18.1 Å². The third kappa shape index (κ3) is 3.06. The SMILES string of the molecule is CCOC(=O)c1cc(C(C)(O)c2cnc(Cl)c(C)c2)on1. The van der Waals surface area contributed by atoms with Gasteiger partial charge in [0, 0.05) is 17.8 Å². The number of nitrogens with zero attached hydrogens (tertiary/aromatic N) is 2. The van der Waals surface area contributed by atoms with Gasteiger partial charge in [0.25, 0.3) is 0 Å². The molecule has 0 saturated heterocycles. The summed E-state index contributed by atoms with van der Waals surface area (Å²) in [5, 5.41) is 14.6. The number of aryl methyl sites for hydroxylation is 1. The van der Waals surface area contributed by atoms with Gasteiger partial charge < -0.3 is 14.4 Å². The van der Waals surface area contributed by atoms with Crippen LogP contribution in [-0.2, 0) is 10.3 Å². The number of rotatable bonds is 4. The summed E-state index contributed by atoms with van der Waals surface area (Å²) in [6, 6.07) is 3.05. The van der Waals surface area contributed by atoms with Crippen LogP contribution in [0.1, 0.15) is 41.2 Å². The molecule has 0 fully saturated rings. The molecule has 2 aromatic rings. The number of esters is 1. The lowest BCUT2D eigenvalue weighted by atomic mass is 9.94. The third-order valence-electron chi connectivity index (χ3n) is 3.05. The van der Waals surface area contributed by atoms with Gasteiger partial charge in [-0.3, -0.25) is 0 Å². The van der Waals surface area contributed by atoms with E-state index in [0.717, 1.165) is 5.56 Å². The highest BCUT2D eigenvalue weighted by molar-refractivity contribution is 6.30. The third-order valence-corrected chi connectivity index (χ3v) is 3.45. The smallest absolute Gasteiger partial charge is 0.360 e. The summed E-state index contributed by atoms with van der Waals surface area (Å²) in [7, 11) is 0. The van der Waals surface area contributed by atoms with Gasteiger partial charge in [0.1, 0.15) is 10.8 Å². The number of halogens is 1. The van der Waals surface area contributed by atoms with Gasteiger partial charge in [0.05, 0.1) is 6.61 Å². The van der Waals surface area contributed by atoms with Gasteiger partial charge in [-0.15, -0.1) is 0 Å². The lowest BCUT2D eigenvalue weighted by molar-refractivity contribution is 0.0509. The first kappa shape index (κ1) is 15.5. The zero-order chi connectivity index (χ0) is 15.6. The minimum Gasteiger partial charge on any atom is -0.461 e. The van der Waals surface area contributed by atoms with Crippen molar-refractivity contribution in [2.75, 3.05) is 6.61 Å². The molecule has 0 saturated carbocycles. The minimum absolute atomic E-state index is 0.00534. The number of hydrogen-bond acceptors (Lipinski definition) is 6. The van der Waals surface area contributed by atoms with Gasteiger partial charge in [-0.2, -0.15) is 0 Å². The average molecular weight is 311 g/mol. The lowest BCUT2D eigenvalue weighted by Gasteiger charge is -2.20.